The zero-order chi connectivity index (χ0) is 10.6. The second-order valence-electron chi connectivity index (χ2n) is 2.04. The van der Waals surface area contributed by atoms with E-state index in [1.165, 1.54) is 23.5 Å². The maximum absolute atomic E-state index is 11.0. The van der Waals surface area contributed by atoms with Gasteiger partial charge in [-0.05, 0) is 0 Å². The summed E-state index contributed by atoms with van der Waals surface area (Å²) in [5, 5.41) is 0. The standard InChI is InChI=1S/C8H14O3PS2/c1-3-5-13-7-10-12(9)11-8-14-6-4-2/h3-4H,1-2,5-8H2/q+1. The molecular weight excluding hydrogens is 239 g/mol. The minimum Gasteiger partial charge on any atom is -0.124 e. The van der Waals surface area contributed by atoms with Crippen LogP contribution in [0.5, 0.6) is 0 Å². The van der Waals surface area contributed by atoms with Crippen LogP contribution in [0.2, 0.25) is 0 Å². The van der Waals surface area contributed by atoms with Crippen LogP contribution in [0.3, 0.4) is 0 Å². The first-order valence-electron chi connectivity index (χ1n) is 3.91. The number of rotatable bonds is 10. The minimum absolute atomic E-state index is 0.368. The highest BCUT2D eigenvalue weighted by molar-refractivity contribution is 7.99. The number of hydrogen-bond donors (Lipinski definition) is 0. The SMILES string of the molecule is C=CCSCO[P+](=O)OCSCC=C. The quantitative estimate of drug-likeness (QED) is 0.258. The van der Waals surface area contributed by atoms with Crippen LogP contribution < -0.4 is 0 Å². The van der Waals surface area contributed by atoms with E-state index in [-0.39, 0.29) is 0 Å². The van der Waals surface area contributed by atoms with Gasteiger partial charge in [0, 0.05) is 16.1 Å². The average Bonchev–Trinajstić information content (AvgIpc) is 2.19. The summed E-state index contributed by atoms with van der Waals surface area (Å²) < 4.78 is 20.8. The van der Waals surface area contributed by atoms with Crippen molar-refractivity contribution in [1.29, 1.82) is 0 Å². The van der Waals surface area contributed by atoms with Crippen molar-refractivity contribution in [2.24, 2.45) is 0 Å². The number of hydrogen-bond acceptors (Lipinski definition) is 5. The Kier molecular flexibility index (Phi) is 11.4. The van der Waals surface area contributed by atoms with Gasteiger partial charge in [-0.15, -0.1) is 45.7 Å². The van der Waals surface area contributed by atoms with Gasteiger partial charge in [0.25, 0.3) is 0 Å². The maximum atomic E-state index is 11.0. The Morgan fingerprint density at radius 2 is 1.50 bits per heavy atom. The molecule has 0 fully saturated rings. The fraction of sp³-hybridized carbons (Fsp3) is 0.500. The van der Waals surface area contributed by atoms with Gasteiger partial charge in [0.2, 0.25) is 0 Å². The van der Waals surface area contributed by atoms with E-state index in [1.807, 2.05) is 0 Å². The van der Waals surface area contributed by atoms with Crippen LogP contribution in [0.25, 0.3) is 0 Å². The molecule has 0 aliphatic heterocycles. The molecule has 0 aromatic rings. The monoisotopic (exact) mass is 253 g/mol. The third kappa shape index (κ3) is 10.3. The Morgan fingerprint density at radius 3 is 1.86 bits per heavy atom. The first-order valence-corrected chi connectivity index (χ1v) is 7.32. The molecule has 14 heavy (non-hydrogen) atoms. The third-order valence-electron chi connectivity index (χ3n) is 0.954. The van der Waals surface area contributed by atoms with Gasteiger partial charge in [-0.2, -0.15) is 0 Å². The lowest BCUT2D eigenvalue weighted by Crippen LogP contribution is -1.86. The molecule has 0 aliphatic carbocycles. The van der Waals surface area contributed by atoms with Crippen molar-refractivity contribution < 1.29 is 13.6 Å². The fourth-order valence-electron chi connectivity index (χ4n) is 0.461. The van der Waals surface area contributed by atoms with E-state index in [2.05, 4.69) is 13.2 Å². The molecule has 0 radical (unpaired) electrons. The predicted molar refractivity (Wildman–Crippen MR) is 64.8 cm³/mol. The van der Waals surface area contributed by atoms with Crippen molar-refractivity contribution in [3.63, 3.8) is 0 Å². The maximum Gasteiger partial charge on any atom is 0.699 e. The molecule has 0 bridgehead atoms. The van der Waals surface area contributed by atoms with Crippen molar-refractivity contribution in [2.45, 2.75) is 0 Å². The topological polar surface area (TPSA) is 35.5 Å². The summed E-state index contributed by atoms with van der Waals surface area (Å²) in [6.07, 6.45) is 3.53. The molecule has 0 unspecified atom stereocenters. The second-order valence-corrected chi connectivity index (χ2v) is 4.95. The molecule has 3 nitrogen and oxygen atoms in total. The first-order chi connectivity index (χ1) is 6.81. The molecular formula is C8H14O3PS2+. The van der Waals surface area contributed by atoms with Crippen LogP contribution in [0.4, 0.5) is 0 Å². The summed E-state index contributed by atoms with van der Waals surface area (Å²) in [7, 11) is -1.97. The highest BCUT2D eigenvalue weighted by Crippen LogP contribution is 2.27. The lowest BCUT2D eigenvalue weighted by atomic mass is 10.8. The van der Waals surface area contributed by atoms with Crippen molar-refractivity contribution in [3.8, 4) is 0 Å². The molecule has 0 saturated heterocycles. The molecule has 0 rings (SSSR count). The van der Waals surface area contributed by atoms with Gasteiger partial charge in [0.15, 0.2) is 11.9 Å². The van der Waals surface area contributed by atoms with Gasteiger partial charge in [0.1, 0.15) is 0 Å². The summed E-state index contributed by atoms with van der Waals surface area (Å²) >= 11 is 3.00. The zero-order valence-electron chi connectivity index (χ0n) is 7.89. The Balaban J connectivity index is 3.19. The fourth-order valence-corrected chi connectivity index (χ4v) is 2.35. The third-order valence-corrected chi connectivity index (χ3v) is 3.50. The summed E-state index contributed by atoms with van der Waals surface area (Å²) in [6.45, 7) is 7.11. The Bertz CT molecular complexity index is 169. The Morgan fingerprint density at radius 1 is 1.07 bits per heavy atom. The van der Waals surface area contributed by atoms with E-state index in [0.717, 1.165) is 11.5 Å². The van der Waals surface area contributed by atoms with E-state index in [1.54, 1.807) is 12.2 Å². The van der Waals surface area contributed by atoms with Crippen molar-refractivity contribution >= 4 is 31.8 Å². The van der Waals surface area contributed by atoms with Crippen LogP contribution in [0.15, 0.2) is 25.3 Å². The van der Waals surface area contributed by atoms with Crippen molar-refractivity contribution in [1.82, 2.24) is 0 Å². The lowest BCUT2D eigenvalue weighted by molar-refractivity contribution is 0.285. The molecule has 0 aromatic carbocycles. The van der Waals surface area contributed by atoms with Crippen LogP contribution in [0.1, 0.15) is 0 Å². The van der Waals surface area contributed by atoms with E-state index in [9.17, 15) is 4.57 Å². The molecule has 0 heterocycles. The molecule has 0 aromatic heterocycles. The summed E-state index contributed by atoms with van der Waals surface area (Å²) in [5.74, 6) is 2.31. The second kappa shape index (κ2) is 11.3. The zero-order valence-corrected chi connectivity index (χ0v) is 10.4. The number of thioether (sulfide) groups is 2. The Hall–Kier alpha value is 0.200. The normalized spacial score (nSPS) is 9.71. The molecule has 6 heteroatoms. The van der Waals surface area contributed by atoms with Crippen LogP contribution in [0, 0.1) is 0 Å². The first kappa shape index (κ1) is 14.2. The van der Waals surface area contributed by atoms with Crippen LogP contribution in [-0.4, -0.2) is 23.4 Å². The summed E-state index contributed by atoms with van der Waals surface area (Å²) in [6, 6.07) is 0. The van der Waals surface area contributed by atoms with Crippen LogP contribution >= 0.6 is 31.8 Å². The Labute approximate surface area is 94.3 Å². The molecule has 0 saturated carbocycles. The predicted octanol–water partition coefficient (Wildman–Crippen LogP) is 3.43. The van der Waals surface area contributed by atoms with Gasteiger partial charge in [0.05, 0.1) is 0 Å². The molecule has 0 N–H and O–H groups in total. The van der Waals surface area contributed by atoms with E-state index >= 15 is 0 Å². The van der Waals surface area contributed by atoms with Crippen molar-refractivity contribution in [2.75, 3.05) is 23.4 Å². The molecule has 0 atom stereocenters. The van der Waals surface area contributed by atoms with Gasteiger partial charge < -0.3 is 0 Å². The van der Waals surface area contributed by atoms with Gasteiger partial charge in [-0.25, -0.2) is 0 Å². The summed E-state index contributed by atoms with van der Waals surface area (Å²) in [4.78, 5) is 0. The largest absolute Gasteiger partial charge is 0.699 e. The van der Waals surface area contributed by atoms with E-state index in [4.69, 9.17) is 9.05 Å². The minimum atomic E-state index is -1.97. The van der Waals surface area contributed by atoms with Crippen molar-refractivity contribution in [3.05, 3.63) is 25.3 Å². The molecule has 80 valence electrons. The summed E-state index contributed by atoms with van der Waals surface area (Å²) in [5.41, 5.74) is 0. The molecule has 0 aliphatic rings. The lowest BCUT2D eigenvalue weighted by Gasteiger charge is -1.91. The van der Waals surface area contributed by atoms with Gasteiger partial charge in [-0.3, -0.25) is 0 Å². The average molecular weight is 253 g/mol. The molecule has 0 spiro atoms. The highest BCUT2D eigenvalue weighted by atomic mass is 32.2. The highest BCUT2D eigenvalue weighted by Gasteiger charge is 2.19. The molecule has 0 amide bonds. The smallest absolute Gasteiger partial charge is 0.124 e. The van der Waals surface area contributed by atoms with E-state index < -0.39 is 8.25 Å². The van der Waals surface area contributed by atoms with Crippen LogP contribution in [-0.2, 0) is 13.6 Å². The van der Waals surface area contributed by atoms with Gasteiger partial charge in [-0.1, -0.05) is 12.2 Å². The van der Waals surface area contributed by atoms with E-state index in [0.29, 0.717) is 11.9 Å². The van der Waals surface area contributed by atoms with Gasteiger partial charge >= 0.3 is 8.25 Å².